The fraction of sp³-hybridized carbons (Fsp3) is 0.316. The van der Waals surface area contributed by atoms with Crippen molar-refractivity contribution < 1.29 is 9.53 Å². The van der Waals surface area contributed by atoms with Crippen LogP contribution >= 0.6 is 0 Å². The van der Waals surface area contributed by atoms with Gasteiger partial charge in [-0.25, -0.2) is 0 Å². The van der Waals surface area contributed by atoms with Gasteiger partial charge in [0.2, 0.25) is 5.91 Å². The van der Waals surface area contributed by atoms with Crippen LogP contribution in [0.15, 0.2) is 54.6 Å². The molecular weight excluding hydrogens is 288 g/mol. The molecule has 0 heterocycles. The van der Waals surface area contributed by atoms with Crippen molar-refractivity contribution in [3.8, 4) is 0 Å². The minimum Gasteiger partial charge on any atom is -0.385 e. The zero-order valence-corrected chi connectivity index (χ0v) is 13.7. The van der Waals surface area contributed by atoms with Gasteiger partial charge in [0.15, 0.2) is 0 Å². The summed E-state index contributed by atoms with van der Waals surface area (Å²) in [4.78, 5) is 11.8. The lowest BCUT2D eigenvalue weighted by molar-refractivity contribution is -0.116. The summed E-state index contributed by atoms with van der Waals surface area (Å²) < 4.78 is 4.94. The standard InChI is InChI=1S/C19H24N2O2/c1-15(16-7-4-3-5-8-16)20-17-10-12-18(13-11-17)21-19(22)9-6-14-23-2/h3-5,7-8,10-13,15,20H,6,9,14H2,1-2H3,(H,21,22)/t15-/m1/s1. The molecule has 0 radical (unpaired) electrons. The van der Waals surface area contributed by atoms with Crippen molar-refractivity contribution in [3.05, 3.63) is 60.2 Å². The smallest absolute Gasteiger partial charge is 0.224 e. The number of nitrogens with one attached hydrogen (secondary N) is 2. The Labute approximate surface area is 137 Å². The molecule has 122 valence electrons. The van der Waals surface area contributed by atoms with E-state index in [-0.39, 0.29) is 11.9 Å². The van der Waals surface area contributed by atoms with Crippen LogP contribution in [0.1, 0.15) is 31.4 Å². The molecule has 0 aromatic heterocycles. The molecule has 4 nitrogen and oxygen atoms in total. The van der Waals surface area contributed by atoms with Crippen LogP contribution in [0, 0.1) is 0 Å². The molecular formula is C19H24N2O2. The lowest BCUT2D eigenvalue weighted by atomic mass is 10.1. The third kappa shape index (κ3) is 5.75. The molecule has 2 aromatic rings. The fourth-order valence-electron chi connectivity index (χ4n) is 2.33. The first-order valence-electron chi connectivity index (χ1n) is 7.89. The van der Waals surface area contributed by atoms with Crippen LogP contribution in [0.2, 0.25) is 0 Å². The average Bonchev–Trinajstić information content (AvgIpc) is 2.57. The van der Waals surface area contributed by atoms with E-state index in [1.54, 1.807) is 7.11 Å². The molecule has 0 fully saturated rings. The van der Waals surface area contributed by atoms with E-state index in [0.717, 1.165) is 17.8 Å². The van der Waals surface area contributed by atoms with Gasteiger partial charge in [-0.15, -0.1) is 0 Å². The maximum absolute atomic E-state index is 11.8. The van der Waals surface area contributed by atoms with Gasteiger partial charge in [-0.1, -0.05) is 30.3 Å². The van der Waals surface area contributed by atoms with Crippen molar-refractivity contribution in [2.75, 3.05) is 24.4 Å². The Kier molecular flexibility index (Phi) is 6.63. The van der Waals surface area contributed by atoms with E-state index in [2.05, 4.69) is 29.7 Å². The van der Waals surface area contributed by atoms with Crippen molar-refractivity contribution in [1.29, 1.82) is 0 Å². The van der Waals surface area contributed by atoms with Gasteiger partial charge >= 0.3 is 0 Å². The summed E-state index contributed by atoms with van der Waals surface area (Å²) in [6.07, 6.45) is 1.20. The third-order valence-corrected chi connectivity index (χ3v) is 3.60. The minimum absolute atomic E-state index is 0.0143. The zero-order valence-electron chi connectivity index (χ0n) is 13.7. The zero-order chi connectivity index (χ0) is 16.5. The van der Waals surface area contributed by atoms with Crippen LogP contribution in [-0.4, -0.2) is 19.6 Å². The van der Waals surface area contributed by atoms with Gasteiger partial charge in [0, 0.05) is 37.6 Å². The van der Waals surface area contributed by atoms with Gasteiger partial charge in [0.1, 0.15) is 0 Å². The SMILES string of the molecule is COCCCC(=O)Nc1ccc(N[C@H](C)c2ccccc2)cc1. The lowest BCUT2D eigenvalue weighted by Gasteiger charge is -2.16. The van der Waals surface area contributed by atoms with E-state index in [1.807, 2.05) is 42.5 Å². The Balaban J connectivity index is 1.86. The van der Waals surface area contributed by atoms with Crippen molar-refractivity contribution in [1.82, 2.24) is 0 Å². The second-order valence-corrected chi connectivity index (χ2v) is 5.50. The monoisotopic (exact) mass is 312 g/mol. The number of anilines is 2. The maximum atomic E-state index is 11.8. The highest BCUT2D eigenvalue weighted by Gasteiger charge is 2.05. The lowest BCUT2D eigenvalue weighted by Crippen LogP contribution is -2.12. The second-order valence-electron chi connectivity index (χ2n) is 5.50. The number of carbonyl (C=O) groups is 1. The summed E-state index contributed by atoms with van der Waals surface area (Å²) in [5.41, 5.74) is 3.08. The Hall–Kier alpha value is -2.33. The molecule has 2 aromatic carbocycles. The molecule has 0 saturated carbocycles. The van der Waals surface area contributed by atoms with Crippen LogP contribution in [0.4, 0.5) is 11.4 Å². The number of hydrogen-bond donors (Lipinski definition) is 2. The quantitative estimate of drug-likeness (QED) is 0.717. The average molecular weight is 312 g/mol. The van der Waals surface area contributed by atoms with Gasteiger partial charge in [-0.2, -0.15) is 0 Å². The summed E-state index contributed by atoms with van der Waals surface area (Å²) in [5.74, 6) is 0.0143. The number of methoxy groups -OCH3 is 1. The highest BCUT2D eigenvalue weighted by Crippen LogP contribution is 2.20. The number of carbonyl (C=O) groups excluding carboxylic acids is 1. The molecule has 0 aliphatic rings. The van der Waals surface area contributed by atoms with Crippen molar-refractivity contribution in [2.24, 2.45) is 0 Å². The Morgan fingerprint density at radius 2 is 1.70 bits per heavy atom. The molecule has 2 N–H and O–H groups in total. The molecule has 1 atom stereocenters. The van der Waals surface area contributed by atoms with Gasteiger partial charge < -0.3 is 15.4 Å². The molecule has 0 unspecified atom stereocenters. The van der Waals surface area contributed by atoms with Gasteiger partial charge in [-0.05, 0) is 43.2 Å². The Morgan fingerprint density at radius 3 is 2.35 bits per heavy atom. The number of rotatable bonds is 8. The maximum Gasteiger partial charge on any atom is 0.224 e. The summed E-state index contributed by atoms with van der Waals surface area (Å²) in [6.45, 7) is 2.73. The van der Waals surface area contributed by atoms with Gasteiger partial charge in [0.05, 0.1) is 0 Å². The van der Waals surface area contributed by atoms with Crippen LogP contribution in [-0.2, 0) is 9.53 Å². The summed E-state index contributed by atoms with van der Waals surface area (Å²) in [6, 6.07) is 18.3. The molecule has 0 aliphatic heterocycles. The first-order valence-corrected chi connectivity index (χ1v) is 7.89. The van der Waals surface area contributed by atoms with E-state index in [9.17, 15) is 4.79 Å². The van der Waals surface area contributed by atoms with E-state index in [1.165, 1.54) is 5.56 Å². The molecule has 4 heteroatoms. The van der Waals surface area contributed by atoms with Gasteiger partial charge in [0.25, 0.3) is 0 Å². The molecule has 0 spiro atoms. The van der Waals surface area contributed by atoms with E-state index in [0.29, 0.717) is 13.0 Å². The largest absolute Gasteiger partial charge is 0.385 e. The molecule has 2 rings (SSSR count). The minimum atomic E-state index is 0.0143. The number of ether oxygens (including phenoxy) is 1. The molecule has 23 heavy (non-hydrogen) atoms. The van der Waals surface area contributed by atoms with Crippen LogP contribution in [0.3, 0.4) is 0 Å². The molecule has 0 saturated heterocycles. The first-order chi connectivity index (χ1) is 11.2. The highest BCUT2D eigenvalue weighted by atomic mass is 16.5. The van der Waals surface area contributed by atoms with Crippen molar-refractivity contribution >= 4 is 17.3 Å². The normalized spacial score (nSPS) is 11.7. The summed E-state index contributed by atoms with van der Waals surface area (Å²) in [5, 5.41) is 6.34. The van der Waals surface area contributed by atoms with Crippen LogP contribution in [0.25, 0.3) is 0 Å². The van der Waals surface area contributed by atoms with Gasteiger partial charge in [-0.3, -0.25) is 4.79 Å². The topological polar surface area (TPSA) is 50.4 Å². The van der Waals surface area contributed by atoms with Crippen molar-refractivity contribution in [3.63, 3.8) is 0 Å². The van der Waals surface area contributed by atoms with E-state index >= 15 is 0 Å². The number of benzene rings is 2. The predicted molar refractivity (Wildman–Crippen MR) is 94.7 cm³/mol. The summed E-state index contributed by atoms with van der Waals surface area (Å²) in [7, 11) is 1.64. The first kappa shape index (κ1) is 17.0. The number of amides is 1. The Bertz CT molecular complexity index is 597. The van der Waals surface area contributed by atoms with E-state index < -0.39 is 0 Å². The fourth-order valence-corrected chi connectivity index (χ4v) is 2.33. The summed E-state index contributed by atoms with van der Waals surface area (Å²) >= 11 is 0. The van der Waals surface area contributed by atoms with Crippen LogP contribution < -0.4 is 10.6 Å². The van der Waals surface area contributed by atoms with E-state index in [4.69, 9.17) is 4.74 Å². The number of hydrogen-bond acceptors (Lipinski definition) is 3. The van der Waals surface area contributed by atoms with Crippen LogP contribution in [0.5, 0.6) is 0 Å². The highest BCUT2D eigenvalue weighted by molar-refractivity contribution is 5.90. The Morgan fingerprint density at radius 1 is 1.04 bits per heavy atom. The predicted octanol–water partition coefficient (Wildman–Crippen LogP) is 4.22. The van der Waals surface area contributed by atoms with Crippen molar-refractivity contribution in [2.45, 2.75) is 25.8 Å². The molecule has 0 aliphatic carbocycles. The third-order valence-electron chi connectivity index (χ3n) is 3.60. The molecule has 1 amide bonds. The molecule has 0 bridgehead atoms. The second kappa shape index (κ2) is 8.96.